The number of rotatable bonds is 7. The van der Waals surface area contributed by atoms with Crippen LogP contribution in [0.2, 0.25) is 0 Å². The molecule has 1 heterocycles. The van der Waals surface area contributed by atoms with Crippen molar-refractivity contribution >= 4 is 17.5 Å². The lowest BCUT2D eigenvalue weighted by atomic mass is 10.2. The number of ether oxygens (including phenoxy) is 3. The molecule has 154 valence electrons. The van der Waals surface area contributed by atoms with E-state index in [-0.39, 0.29) is 18.4 Å². The average Bonchev–Trinajstić information content (AvgIpc) is 2.73. The van der Waals surface area contributed by atoms with Crippen LogP contribution in [-0.2, 0) is 9.59 Å². The summed E-state index contributed by atoms with van der Waals surface area (Å²) in [5, 5.41) is 2.80. The highest BCUT2D eigenvalue weighted by Crippen LogP contribution is 2.32. The topological polar surface area (TPSA) is 77.1 Å². The number of likely N-dealkylation sites (N-methyl/N-ethyl adjacent to an activating group) is 1. The first-order valence-electron chi connectivity index (χ1n) is 9.68. The number of anilines is 1. The van der Waals surface area contributed by atoms with Gasteiger partial charge in [0.25, 0.3) is 5.91 Å². The lowest BCUT2D eigenvalue weighted by Gasteiger charge is -2.24. The zero-order valence-corrected chi connectivity index (χ0v) is 16.9. The molecule has 0 radical (unpaired) electrons. The maximum atomic E-state index is 12.7. The second kappa shape index (κ2) is 9.32. The van der Waals surface area contributed by atoms with Gasteiger partial charge in [-0.3, -0.25) is 9.59 Å². The lowest BCUT2D eigenvalue weighted by Crippen LogP contribution is -2.44. The number of fused-ring (bicyclic) bond motifs is 1. The Morgan fingerprint density at radius 1 is 1.10 bits per heavy atom. The number of aryl methyl sites for hydroxylation is 1. The van der Waals surface area contributed by atoms with Crippen LogP contribution < -0.4 is 19.5 Å². The molecule has 1 unspecified atom stereocenters. The van der Waals surface area contributed by atoms with Crippen LogP contribution >= 0.6 is 0 Å². The third-order valence-corrected chi connectivity index (χ3v) is 4.54. The second-order valence-corrected chi connectivity index (χ2v) is 6.83. The first-order chi connectivity index (χ1) is 14.0. The van der Waals surface area contributed by atoms with Gasteiger partial charge in [0.2, 0.25) is 5.91 Å². The van der Waals surface area contributed by atoms with Gasteiger partial charge in [0, 0.05) is 18.3 Å². The molecule has 29 heavy (non-hydrogen) atoms. The van der Waals surface area contributed by atoms with Crippen molar-refractivity contribution in [3.63, 3.8) is 0 Å². The van der Waals surface area contributed by atoms with Gasteiger partial charge in [-0.1, -0.05) is 17.7 Å². The van der Waals surface area contributed by atoms with Crippen LogP contribution in [0.1, 0.15) is 19.4 Å². The molecule has 2 amide bonds. The van der Waals surface area contributed by atoms with E-state index in [1.807, 2.05) is 38.1 Å². The zero-order chi connectivity index (χ0) is 20.8. The van der Waals surface area contributed by atoms with Crippen molar-refractivity contribution in [2.45, 2.75) is 26.9 Å². The van der Waals surface area contributed by atoms with Gasteiger partial charge in [-0.15, -0.1) is 0 Å². The summed E-state index contributed by atoms with van der Waals surface area (Å²) in [4.78, 5) is 26.6. The highest BCUT2D eigenvalue weighted by Gasteiger charge is 2.23. The van der Waals surface area contributed by atoms with Gasteiger partial charge in [-0.2, -0.15) is 0 Å². The molecular formula is C22H26N2O5. The molecule has 0 saturated carbocycles. The first-order valence-corrected chi connectivity index (χ1v) is 9.68. The van der Waals surface area contributed by atoms with Crippen molar-refractivity contribution in [1.29, 1.82) is 0 Å². The number of carbonyl (C=O) groups excluding carboxylic acids is 2. The van der Waals surface area contributed by atoms with Gasteiger partial charge < -0.3 is 24.4 Å². The van der Waals surface area contributed by atoms with Crippen LogP contribution in [0.5, 0.6) is 17.2 Å². The van der Waals surface area contributed by atoms with E-state index in [1.54, 1.807) is 25.1 Å². The van der Waals surface area contributed by atoms with Gasteiger partial charge in [0.1, 0.15) is 19.0 Å². The van der Waals surface area contributed by atoms with Gasteiger partial charge in [0.05, 0.1) is 6.54 Å². The smallest absolute Gasteiger partial charge is 0.263 e. The summed E-state index contributed by atoms with van der Waals surface area (Å²) in [5.74, 6) is 1.33. The van der Waals surface area contributed by atoms with Gasteiger partial charge in [0.15, 0.2) is 17.6 Å². The van der Waals surface area contributed by atoms with Crippen LogP contribution in [0.15, 0.2) is 42.5 Å². The summed E-state index contributed by atoms with van der Waals surface area (Å²) in [6.45, 7) is 6.81. The maximum Gasteiger partial charge on any atom is 0.263 e. The normalized spacial score (nSPS) is 13.3. The summed E-state index contributed by atoms with van der Waals surface area (Å²) in [5.41, 5.74) is 1.70. The predicted octanol–water partition coefficient (Wildman–Crippen LogP) is 3.02. The summed E-state index contributed by atoms with van der Waals surface area (Å²) in [6.07, 6.45) is -0.695. The highest BCUT2D eigenvalue weighted by molar-refractivity contribution is 5.95. The SMILES string of the molecule is CCN(CC(=O)Nc1ccc2c(c1)OCCO2)C(=O)C(C)Oc1ccc(C)cc1. The molecule has 1 N–H and O–H groups in total. The minimum absolute atomic E-state index is 0.0641. The van der Waals surface area contributed by atoms with E-state index in [1.165, 1.54) is 4.90 Å². The van der Waals surface area contributed by atoms with Crippen LogP contribution in [0.25, 0.3) is 0 Å². The Balaban J connectivity index is 1.57. The Hall–Kier alpha value is -3.22. The molecule has 7 heteroatoms. The van der Waals surface area contributed by atoms with Crippen molar-refractivity contribution in [2.75, 3.05) is 31.6 Å². The Labute approximate surface area is 170 Å². The molecule has 1 atom stereocenters. The Morgan fingerprint density at radius 3 is 2.48 bits per heavy atom. The molecule has 0 saturated heterocycles. The fourth-order valence-electron chi connectivity index (χ4n) is 2.97. The van der Waals surface area contributed by atoms with Crippen molar-refractivity contribution in [2.24, 2.45) is 0 Å². The van der Waals surface area contributed by atoms with Crippen molar-refractivity contribution < 1.29 is 23.8 Å². The molecule has 3 rings (SSSR count). The van der Waals surface area contributed by atoms with Crippen LogP contribution in [0, 0.1) is 6.92 Å². The molecule has 0 fully saturated rings. The Morgan fingerprint density at radius 2 is 1.79 bits per heavy atom. The van der Waals surface area contributed by atoms with E-state index < -0.39 is 6.10 Å². The van der Waals surface area contributed by atoms with Crippen molar-refractivity contribution in [1.82, 2.24) is 4.90 Å². The average molecular weight is 398 g/mol. The molecule has 0 aromatic heterocycles. The number of nitrogens with one attached hydrogen (secondary N) is 1. The number of amides is 2. The maximum absolute atomic E-state index is 12.7. The zero-order valence-electron chi connectivity index (χ0n) is 16.9. The minimum atomic E-state index is -0.695. The first kappa shape index (κ1) is 20.5. The van der Waals surface area contributed by atoms with E-state index in [2.05, 4.69) is 5.32 Å². The van der Waals surface area contributed by atoms with Crippen LogP contribution in [0.4, 0.5) is 5.69 Å². The number of benzene rings is 2. The molecule has 0 aliphatic carbocycles. The quantitative estimate of drug-likeness (QED) is 0.776. The molecule has 1 aliphatic heterocycles. The van der Waals surface area contributed by atoms with Crippen molar-refractivity contribution in [3.8, 4) is 17.2 Å². The van der Waals surface area contributed by atoms with Crippen molar-refractivity contribution in [3.05, 3.63) is 48.0 Å². The van der Waals surface area contributed by atoms with E-state index in [0.717, 1.165) is 5.56 Å². The molecule has 0 spiro atoms. The van der Waals surface area contributed by atoms with Gasteiger partial charge in [-0.25, -0.2) is 0 Å². The molecular weight excluding hydrogens is 372 g/mol. The second-order valence-electron chi connectivity index (χ2n) is 6.83. The molecule has 2 aromatic carbocycles. The highest BCUT2D eigenvalue weighted by atomic mass is 16.6. The number of hydrogen-bond acceptors (Lipinski definition) is 5. The number of nitrogens with zero attached hydrogens (tertiary/aromatic N) is 1. The standard InChI is InChI=1S/C22H26N2O5/c1-4-24(22(26)16(3)29-18-8-5-15(2)6-9-18)14-21(25)23-17-7-10-19-20(13-17)28-12-11-27-19/h5-10,13,16H,4,11-12,14H2,1-3H3,(H,23,25). The van der Waals surface area contributed by atoms with Crippen LogP contribution in [-0.4, -0.2) is 49.1 Å². The Bertz CT molecular complexity index is 866. The summed E-state index contributed by atoms with van der Waals surface area (Å²) in [6, 6.07) is 12.7. The minimum Gasteiger partial charge on any atom is -0.486 e. The lowest BCUT2D eigenvalue weighted by molar-refractivity contribution is -0.140. The molecule has 0 bridgehead atoms. The fraction of sp³-hybridized carbons (Fsp3) is 0.364. The van der Waals surface area contributed by atoms with Crippen LogP contribution in [0.3, 0.4) is 0 Å². The largest absolute Gasteiger partial charge is 0.486 e. The monoisotopic (exact) mass is 398 g/mol. The van der Waals surface area contributed by atoms with E-state index in [0.29, 0.717) is 42.7 Å². The molecule has 1 aliphatic rings. The molecule has 7 nitrogen and oxygen atoms in total. The summed E-state index contributed by atoms with van der Waals surface area (Å²) in [7, 11) is 0. The third kappa shape index (κ3) is 5.40. The van der Waals surface area contributed by atoms with E-state index in [4.69, 9.17) is 14.2 Å². The summed E-state index contributed by atoms with van der Waals surface area (Å²) < 4.78 is 16.7. The van der Waals surface area contributed by atoms with Gasteiger partial charge >= 0.3 is 0 Å². The van der Waals surface area contributed by atoms with Gasteiger partial charge in [-0.05, 0) is 45.0 Å². The predicted molar refractivity (Wildman–Crippen MR) is 110 cm³/mol. The van der Waals surface area contributed by atoms with E-state index >= 15 is 0 Å². The van der Waals surface area contributed by atoms with E-state index in [9.17, 15) is 9.59 Å². The third-order valence-electron chi connectivity index (χ3n) is 4.54. The Kier molecular flexibility index (Phi) is 6.59. The number of carbonyl (C=O) groups is 2. The fourth-order valence-corrected chi connectivity index (χ4v) is 2.97. The molecule has 2 aromatic rings. The summed E-state index contributed by atoms with van der Waals surface area (Å²) >= 11 is 0. The number of hydrogen-bond donors (Lipinski definition) is 1.